The molecule has 0 aromatic rings. The molecule has 414 valence electrons. The first-order valence-corrected chi connectivity index (χ1v) is 29.8. The van der Waals surface area contributed by atoms with Gasteiger partial charge in [0.1, 0.15) is 0 Å². The van der Waals surface area contributed by atoms with Gasteiger partial charge in [0.25, 0.3) is 5.79 Å². The molecule has 0 amide bonds. The van der Waals surface area contributed by atoms with E-state index < -0.39 is 17.4 Å². The van der Waals surface area contributed by atoms with Crippen LogP contribution in [0.15, 0.2) is 36.5 Å². The van der Waals surface area contributed by atoms with E-state index in [0.717, 1.165) is 154 Å². The summed E-state index contributed by atoms with van der Waals surface area (Å²) in [5, 5.41) is 30.6. The molecule has 0 aliphatic heterocycles. The number of aliphatic hydroxyl groups is 3. The average molecular weight is 1000 g/mol. The number of rotatable bonds is 52. The fourth-order valence-corrected chi connectivity index (χ4v) is 9.19. The van der Waals surface area contributed by atoms with Crippen LogP contribution in [0.1, 0.15) is 291 Å². The quantitative estimate of drug-likeness (QED) is 0.0177. The van der Waals surface area contributed by atoms with E-state index in [2.05, 4.69) is 57.2 Å². The van der Waals surface area contributed by atoms with E-state index in [4.69, 9.17) is 18.9 Å². The number of allylic oxidation sites excluding steroid dienone is 3. The van der Waals surface area contributed by atoms with Crippen molar-refractivity contribution in [1.29, 1.82) is 0 Å². The zero-order chi connectivity index (χ0) is 51.9. The zero-order valence-electron chi connectivity index (χ0n) is 46.3. The lowest BCUT2D eigenvalue weighted by molar-refractivity contribution is -0.297. The molecule has 1 unspecified atom stereocenters. The maximum absolute atomic E-state index is 13.5. The Labute approximate surface area is 435 Å². The Balaban J connectivity index is 2.64. The third-order valence-electron chi connectivity index (χ3n) is 13.9. The fraction of sp³-hybridized carbons (Fsp3) is 0.852. The van der Waals surface area contributed by atoms with Crippen molar-refractivity contribution in [2.75, 3.05) is 13.2 Å². The number of hydrogen-bond acceptors (Lipinski definition) is 10. The topological polar surface area (TPSA) is 149 Å². The zero-order valence-corrected chi connectivity index (χ0v) is 46.3. The van der Waals surface area contributed by atoms with Crippen LogP contribution in [0, 0.1) is 0 Å². The molecule has 0 radical (unpaired) electrons. The minimum absolute atomic E-state index is 0.181. The normalized spacial score (nSPS) is 15.6. The molecule has 71 heavy (non-hydrogen) atoms. The Morgan fingerprint density at radius 2 is 0.803 bits per heavy atom. The van der Waals surface area contributed by atoms with Crippen LogP contribution in [0.5, 0.6) is 0 Å². The predicted molar refractivity (Wildman–Crippen MR) is 292 cm³/mol. The van der Waals surface area contributed by atoms with Crippen LogP contribution in [-0.4, -0.2) is 76.1 Å². The third-order valence-corrected chi connectivity index (χ3v) is 13.9. The summed E-state index contributed by atoms with van der Waals surface area (Å²) in [5.74, 6) is -2.90. The molecule has 0 spiro atoms. The number of hydrogen-bond donors (Lipinski definition) is 3. The molecular weight excluding hydrogens is 893 g/mol. The molecule has 1 aliphatic rings. The molecule has 1 aliphatic carbocycles. The smallest absolute Gasteiger partial charge is 0.308 e. The van der Waals surface area contributed by atoms with E-state index in [-0.39, 0.29) is 62.7 Å². The molecule has 0 bridgehead atoms. The lowest BCUT2D eigenvalue weighted by Gasteiger charge is -2.38. The number of esters is 3. The number of aliphatic hydroxyl groups excluding tert-OH is 3. The van der Waals surface area contributed by atoms with Crippen molar-refractivity contribution in [2.24, 2.45) is 0 Å². The molecule has 4 atom stereocenters. The van der Waals surface area contributed by atoms with Crippen molar-refractivity contribution < 1.29 is 48.7 Å². The summed E-state index contributed by atoms with van der Waals surface area (Å²) >= 11 is 0. The summed E-state index contributed by atoms with van der Waals surface area (Å²) in [5.41, 5.74) is -1.20. The monoisotopic (exact) mass is 1000 g/mol. The molecule has 1 saturated carbocycles. The van der Waals surface area contributed by atoms with Gasteiger partial charge >= 0.3 is 17.9 Å². The van der Waals surface area contributed by atoms with Gasteiger partial charge in [-0.15, -0.1) is 0 Å². The van der Waals surface area contributed by atoms with Gasteiger partial charge in [-0.2, -0.15) is 0 Å². The summed E-state index contributed by atoms with van der Waals surface area (Å²) in [6.45, 7) is 8.25. The summed E-state index contributed by atoms with van der Waals surface area (Å²) in [4.78, 5) is 40.1. The van der Waals surface area contributed by atoms with Crippen LogP contribution >= 0.6 is 0 Å². The SMILES string of the molecule is CCCCCC[C@@H](O)C/C=C\CCCCCCCC(=O)OCC(OCC)(OC(=O)CCCCCCC/C=C\C[C@H](O)CCCCCC)C1(OC(=O)CCCCCCC/C=C\C[C@H](O)CCCCCC)CC1. The Bertz CT molecular complexity index is 1360. The molecule has 10 nitrogen and oxygen atoms in total. The predicted octanol–water partition coefficient (Wildman–Crippen LogP) is 15.9. The van der Waals surface area contributed by atoms with Gasteiger partial charge in [-0.25, -0.2) is 0 Å². The Morgan fingerprint density at radius 1 is 0.451 bits per heavy atom. The van der Waals surface area contributed by atoms with Crippen LogP contribution in [0.4, 0.5) is 0 Å². The first-order chi connectivity index (χ1) is 34.6. The highest BCUT2D eigenvalue weighted by Crippen LogP contribution is 2.52. The standard InChI is InChI=1S/C61H110O10/c1-5-9-12-33-42-54(62)45-36-27-21-15-18-24-30-39-48-57(65)68-53-61(69-8-4,71-59(67)50-41-32-26-20-17-23-29-38-47-56(64)44-35-14-11-7-3)60(51-52-60)70-58(66)49-40-31-25-19-16-22-28-37-46-55(63)43-34-13-10-6-2/h27-29,36-38,54-56,62-64H,5-26,30-35,39-53H2,1-4H3/b36-27-,37-28-,38-29-/t54-,55-,56-,61?/m1/s1. The van der Waals surface area contributed by atoms with E-state index in [0.29, 0.717) is 32.1 Å². The molecule has 1 fully saturated rings. The molecule has 10 heteroatoms. The van der Waals surface area contributed by atoms with Crippen molar-refractivity contribution in [1.82, 2.24) is 0 Å². The minimum atomic E-state index is -1.71. The average Bonchev–Trinajstić information content (AvgIpc) is 4.14. The van der Waals surface area contributed by atoms with Crippen LogP contribution < -0.4 is 0 Å². The molecule has 1 rings (SSSR count). The molecular formula is C61H110O10. The summed E-state index contributed by atoms with van der Waals surface area (Å²) < 4.78 is 24.4. The lowest BCUT2D eigenvalue weighted by Crippen LogP contribution is -2.56. The molecule has 0 saturated heterocycles. The second-order valence-electron chi connectivity index (χ2n) is 20.8. The number of unbranched alkanes of at least 4 members (excludes halogenated alkanes) is 24. The van der Waals surface area contributed by atoms with Crippen LogP contribution in [-0.2, 0) is 33.3 Å². The maximum Gasteiger partial charge on any atom is 0.308 e. The number of ether oxygens (including phenoxy) is 4. The van der Waals surface area contributed by atoms with Crippen LogP contribution in [0.2, 0.25) is 0 Å². The Hall–Kier alpha value is -2.53. The van der Waals surface area contributed by atoms with E-state index in [1.807, 2.05) is 0 Å². The highest BCUT2D eigenvalue weighted by atomic mass is 16.8. The highest BCUT2D eigenvalue weighted by Gasteiger charge is 2.68. The van der Waals surface area contributed by atoms with E-state index in [9.17, 15) is 29.7 Å². The number of carbonyl (C=O) groups excluding carboxylic acids is 3. The fourth-order valence-electron chi connectivity index (χ4n) is 9.19. The van der Waals surface area contributed by atoms with Gasteiger partial charge in [0.15, 0.2) is 12.2 Å². The molecule has 3 N–H and O–H groups in total. The summed E-state index contributed by atoms with van der Waals surface area (Å²) in [6, 6.07) is 0. The van der Waals surface area contributed by atoms with Gasteiger partial charge in [0, 0.05) is 25.9 Å². The van der Waals surface area contributed by atoms with Crippen molar-refractivity contribution in [3.8, 4) is 0 Å². The largest absolute Gasteiger partial charge is 0.458 e. The first kappa shape index (κ1) is 66.5. The second-order valence-corrected chi connectivity index (χ2v) is 20.8. The van der Waals surface area contributed by atoms with E-state index in [1.54, 1.807) is 6.92 Å². The van der Waals surface area contributed by atoms with E-state index in [1.165, 1.54) is 57.8 Å². The van der Waals surface area contributed by atoms with Crippen molar-refractivity contribution >= 4 is 17.9 Å². The van der Waals surface area contributed by atoms with Crippen molar-refractivity contribution in [3.05, 3.63) is 36.5 Å². The molecule has 0 aromatic carbocycles. The van der Waals surface area contributed by atoms with E-state index >= 15 is 0 Å². The Morgan fingerprint density at radius 3 is 1.18 bits per heavy atom. The lowest BCUT2D eigenvalue weighted by atomic mass is 10.1. The summed E-state index contributed by atoms with van der Waals surface area (Å²) in [6.07, 6.45) is 49.8. The highest BCUT2D eigenvalue weighted by molar-refractivity contribution is 5.72. The first-order valence-electron chi connectivity index (χ1n) is 29.8. The number of carbonyl (C=O) groups is 3. The Kier molecular flexibility index (Phi) is 43.1. The van der Waals surface area contributed by atoms with Crippen molar-refractivity contribution in [3.63, 3.8) is 0 Å². The third kappa shape index (κ3) is 36.9. The van der Waals surface area contributed by atoms with Crippen LogP contribution in [0.3, 0.4) is 0 Å². The second kappa shape index (κ2) is 46.0. The van der Waals surface area contributed by atoms with Crippen molar-refractivity contribution in [2.45, 2.75) is 321 Å². The maximum atomic E-state index is 13.5. The van der Waals surface area contributed by atoms with Gasteiger partial charge < -0.3 is 34.3 Å². The summed E-state index contributed by atoms with van der Waals surface area (Å²) in [7, 11) is 0. The van der Waals surface area contributed by atoms with Gasteiger partial charge in [-0.1, -0.05) is 192 Å². The van der Waals surface area contributed by atoms with Gasteiger partial charge in [-0.3, -0.25) is 14.4 Å². The van der Waals surface area contributed by atoms with Crippen LogP contribution in [0.25, 0.3) is 0 Å². The molecule has 0 aromatic heterocycles. The van der Waals surface area contributed by atoms with Gasteiger partial charge in [0.05, 0.1) is 18.3 Å². The molecule has 0 heterocycles. The minimum Gasteiger partial charge on any atom is -0.458 e. The van der Waals surface area contributed by atoms with Gasteiger partial charge in [-0.05, 0) is 116 Å². The van der Waals surface area contributed by atoms with Gasteiger partial charge in [0.2, 0.25) is 0 Å².